The number of hydrogen-bond donors (Lipinski definition) is 2. The van der Waals surface area contributed by atoms with Crippen molar-refractivity contribution in [3.05, 3.63) is 53.2 Å². The van der Waals surface area contributed by atoms with E-state index in [1.807, 2.05) is 35.7 Å². The molecule has 0 saturated carbocycles. The number of nitrogens with one attached hydrogen (secondary N) is 1. The minimum Gasteiger partial charge on any atom is -0.368 e. The van der Waals surface area contributed by atoms with Crippen molar-refractivity contribution in [2.75, 3.05) is 10.3 Å². The van der Waals surface area contributed by atoms with Crippen LogP contribution in [0.3, 0.4) is 0 Å². The molecule has 3 N–H and O–H groups in total. The van der Waals surface area contributed by atoms with Crippen molar-refractivity contribution < 1.29 is 9.59 Å². The molecule has 166 valence electrons. The number of carbonyl (C=O) groups excluding carboxylic acids is 2. The number of nitrogens with zero attached hydrogens (tertiary/aromatic N) is 4. The Bertz CT molecular complexity index is 1180. The fraction of sp³-hybridized carbons (Fsp3) is 0.304. The summed E-state index contributed by atoms with van der Waals surface area (Å²) < 4.78 is 2.28. The SMILES string of the molecule is CCCn1c(C)cc(-c2csc(NC(=O)C3=NN(c4ccccc4)[C@H](C(N)=O)C3)n2)c1C. The molecule has 3 aromatic rings. The van der Waals surface area contributed by atoms with Crippen molar-refractivity contribution in [2.45, 2.75) is 46.2 Å². The number of rotatable bonds is 7. The van der Waals surface area contributed by atoms with Crippen LogP contribution in [-0.4, -0.2) is 33.1 Å². The summed E-state index contributed by atoms with van der Waals surface area (Å²) in [6.45, 7) is 7.30. The van der Waals surface area contributed by atoms with Crippen molar-refractivity contribution in [3.63, 3.8) is 0 Å². The molecule has 1 aromatic carbocycles. The highest BCUT2D eigenvalue weighted by Crippen LogP contribution is 2.30. The zero-order valence-corrected chi connectivity index (χ0v) is 19.1. The van der Waals surface area contributed by atoms with Gasteiger partial charge in [-0.15, -0.1) is 11.3 Å². The molecular weight excluding hydrogens is 424 g/mol. The van der Waals surface area contributed by atoms with Crippen LogP contribution in [0.1, 0.15) is 31.2 Å². The van der Waals surface area contributed by atoms with Gasteiger partial charge in [-0.1, -0.05) is 25.1 Å². The molecule has 32 heavy (non-hydrogen) atoms. The van der Waals surface area contributed by atoms with Crippen LogP contribution >= 0.6 is 11.3 Å². The highest BCUT2D eigenvalue weighted by Gasteiger charge is 2.35. The molecule has 0 radical (unpaired) electrons. The molecule has 9 heteroatoms. The summed E-state index contributed by atoms with van der Waals surface area (Å²) in [6.07, 6.45) is 1.20. The van der Waals surface area contributed by atoms with Crippen LogP contribution in [-0.2, 0) is 16.1 Å². The van der Waals surface area contributed by atoms with Crippen LogP contribution in [0, 0.1) is 13.8 Å². The van der Waals surface area contributed by atoms with E-state index in [-0.39, 0.29) is 18.0 Å². The molecule has 4 rings (SSSR count). The second kappa shape index (κ2) is 8.96. The molecule has 0 bridgehead atoms. The van der Waals surface area contributed by atoms with E-state index in [1.54, 1.807) is 0 Å². The number of aryl methyl sites for hydroxylation is 1. The van der Waals surface area contributed by atoms with Gasteiger partial charge in [-0.25, -0.2) is 4.98 Å². The Morgan fingerprint density at radius 2 is 2.00 bits per heavy atom. The number of primary amides is 1. The predicted molar refractivity (Wildman–Crippen MR) is 128 cm³/mol. The lowest BCUT2D eigenvalue weighted by Crippen LogP contribution is -2.39. The van der Waals surface area contributed by atoms with Crippen LogP contribution in [0.5, 0.6) is 0 Å². The van der Waals surface area contributed by atoms with Gasteiger partial charge in [0.25, 0.3) is 5.91 Å². The first-order valence-electron chi connectivity index (χ1n) is 10.5. The molecule has 0 unspecified atom stereocenters. The number of benzene rings is 1. The molecule has 1 aliphatic heterocycles. The van der Waals surface area contributed by atoms with Crippen LogP contribution in [0.4, 0.5) is 10.8 Å². The van der Waals surface area contributed by atoms with Gasteiger partial charge in [-0.05, 0) is 38.5 Å². The standard InChI is InChI=1S/C23H26N6O2S/c1-4-10-28-14(2)11-17(15(28)3)19-13-32-23(25-19)26-22(31)18-12-20(21(24)30)29(27-18)16-8-6-5-7-9-16/h5-9,11,13,20H,4,10,12H2,1-3H3,(H2,24,30)(H,25,26,31)/t20-/m0/s1. The number of para-hydroxylation sites is 1. The van der Waals surface area contributed by atoms with Gasteiger partial charge in [-0.3, -0.25) is 19.9 Å². The summed E-state index contributed by atoms with van der Waals surface area (Å²) in [5.41, 5.74) is 10.8. The third kappa shape index (κ3) is 4.16. The fourth-order valence-corrected chi connectivity index (χ4v) is 4.65. The lowest BCUT2D eigenvalue weighted by Gasteiger charge is -2.20. The van der Waals surface area contributed by atoms with Crippen LogP contribution in [0.25, 0.3) is 11.3 Å². The van der Waals surface area contributed by atoms with E-state index in [2.05, 4.69) is 46.8 Å². The monoisotopic (exact) mass is 450 g/mol. The van der Waals surface area contributed by atoms with Crippen molar-refractivity contribution in [2.24, 2.45) is 10.8 Å². The molecule has 2 aromatic heterocycles. The normalized spacial score (nSPS) is 15.7. The summed E-state index contributed by atoms with van der Waals surface area (Å²) in [4.78, 5) is 29.4. The third-order valence-corrected chi connectivity index (χ3v) is 6.30. The fourth-order valence-electron chi connectivity index (χ4n) is 3.94. The Labute approximate surface area is 190 Å². The van der Waals surface area contributed by atoms with Gasteiger partial charge in [0.1, 0.15) is 11.8 Å². The second-order valence-corrected chi connectivity index (χ2v) is 8.64. The predicted octanol–water partition coefficient (Wildman–Crippen LogP) is 3.70. The highest BCUT2D eigenvalue weighted by atomic mass is 32.1. The van der Waals surface area contributed by atoms with Gasteiger partial charge in [0.2, 0.25) is 5.91 Å². The van der Waals surface area contributed by atoms with Crippen molar-refractivity contribution in [1.82, 2.24) is 9.55 Å². The number of carbonyl (C=O) groups is 2. The molecule has 1 aliphatic rings. The Morgan fingerprint density at radius 3 is 2.69 bits per heavy atom. The van der Waals surface area contributed by atoms with Crippen molar-refractivity contribution in [1.29, 1.82) is 0 Å². The molecule has 0 fully saturated rings. The summed E-state index contributed by atoms with van der Waals surface area (Å²) in [6, 6.07) is 10.6. The molecule has 0 saturated heterocycles. The smallest absolute Gasteiger partial charge is 0.273 e. The average Bonchev–Trinajstić information content (AvgIpc) is 3.49. The second-order valence-electron chi connectivity index (χ2n) is 7.78. The quantitative estimate of drug-likeness (QED) is 0.572. The maximum absolute atomic E-state index is 12.9. The van der Waals surface area contributed by atoms with Crippen LogP contribution < -0.4 is 16.1 Å². The minimum absolute atomic E-state index is 0.145. The minimum atomic E-state index is -0.700. The van der Waals surface area contributed by atoms with Gasteiger partial charge < -0.3 is 10.3 Å². The highest BCUT2D eigenvalue weighted by molar-refractivity contribution is 7.14. The Kier molecular flexibility index (Phi) is 6.09. The Balaban J connectivity index is 1.52. The number of anilines is 2. The first kappa shape index (κ1) is 21.8. The molecule has 8 nitrogen and oxygen atoms in total. The molecular formula is C23H26N6O2S. The van der Waals surface area contributed by atoms with Gasteiger partial charge in [0, 0.05) is 35.3 Å². The summed E-state index contributed by atoms with van der Waals surface area (Å²) in [5, 5.41) is 11.1. The van der Waals surface area contributed by atoms with E-state index < -0.39 is 11.9 Å². The van der Waals surface area contributed by atoms with E-state index >= 15 is 0 Å². The first-order valence-corrected chi connectivity index (χ1v) is 11.4. The zero-order chi connectivity index (χ0) is 22.8. The average molecular weight is 451 g/mol. The number of hydrazone groups is 1. The lowest BCUT2D eigenvalue weighted by atomic mass is 10.1. The van der Waals surface area contributed by atoms with E-state index in [1.165, 1.54) is 22.0 Å². The zero-order valence-electron chi connectivity index (χ0n) is 18.3. The van der Waals surface area contributed by atoms with Gasteiger partial charge in [-0.2, -0.15) is 5.10 Å². The molecule has 0 aliphatic carbocycles. The number of hydrogen-bond acceptors (Lipinski definition) is 6. The van der Waals surface area contributed by atoms with E-state index in [4.69, 9.17) is 5.73 Å². The number of thiazole rings is 1. The largest absolute Gasteiger partial charge is 0.368 e. The van der Waals surface area contributed by atoms with Gasteiger partial charge >= 0.3 is 0 Å². The topological polar surface area (TPSA) is 106 Å². The molecule has 3 heterocycles. The van der Waals surface area contributed by atoms with Crippen molar-refractivity contribution in [3.8, 4) is 11.3 Å². The Morgan fingerprint density at radius 1 is 1.25 bits per heavy atom. The maximum atomic E-state index is 12.9. The number of nitrogens with two attached hydrogens (primary N) is 1. The summed E-state index contributed by atoms with van der Waals surface area (Å²) in [7, 11) is 0. The van der Waals surface area contributed by atoms with Crippen LogP contribution in [0.2, 0.25) is 0 Å². The number of aromatic nitrogens is 2. The van der Waals surface area contributed by atoms with E-state index in [0.717, 1.165) is 29.9 Å². The van der Waals surface area contributed by atoms with E-state index in [0.29, 0.717) is 10.8 Å². The maximum Gasteiger partial charge on any atom is 0.273 e. The van der Waals surface area contributed by atoms with Gasteiger partial charge in [0.05, 0.1) is 11.4 Å². The number of amides is 2. The molecule has 0 spiro atoms. The summed E-state index contributed by atoms with van der Waals surface area (Å²) >= 11 is 1.36. The van der Waals surface area contributed by atoms with Crippen LogP contribution in [0.15, 0.2) is 46.9 Å². The lowest BCUT2D eigenvalue weighted by molar-refractivity contribution is -0.119. The molecule has 1 atom stereocenters. The van der Waals surface area contributed by atoms with Crippen molar-refractivity contribution >= 4 is 39.7 Å². The Hall–Kier alpha value is -3.46. The van der Waals surface area contributed by atoms with Gasteiger partial charge in [0.15, 0.2) is 5.13 Å². The first-order chi connectivity index (χ1) is 15.4. The summed E-state index contributed by atoms with van der Waals surface area (Å²) in [5.74, 6) is -0.911. The molecule has 2 amide bonds. The van der Waals surface area contributed by atoms with E-state index in [9.17, 15) is 9.59 Å². The third-order valence-electron chi connectivity index (χ3n) is 5.54.